The number of hydrogen-bond acceptors (Lipinski definition) is 5. The molecule has 1 aromatic carbocycles. The molecule has 1 heterocycles. The van der Waals surface area contributed by atoms with E-state index in [1.807, 2.05) is 70.2 Å². The van der Waals surface area contributed by atoms with Crippen LogP contribution in [0.4, 0.5) is 4.79 Å². The van der Waals surface area contributed by atoms with Crippen molar-refractivity contribution < 1.29 is 23.8 Å². The largest absolute Gasteiger partial charge is 0.466 e. The molecule has 0 saturated carbocycles. The van der Waals surface area contributed by atoms with Gasteiger partial charge in [-0.3, -0.25) is 9.69 Å². The van der Waals surface area contributed by atoms with Crippen LogP contribution in [0.1, 0.15) is 45.7 Å². The number of hydrogen-bond donors (Lipinski definition) is 0. The van der Waals surface area contributed by atoms with Crippen LogP contribution in [0.15, 0.2) is 42.5 Å². The fraction of sp³-hybridized carbons (Fsp3) is 0.583. The SMILES string of the molecule is CCOC(=O)C[C@H](C=C[C@H]1OC[C@@H](c2ccccc2)N1C(=O)OC(C)(C)C)[Si](C)(C)C. The van der Waals surface area contributed by atoms with Crippen molar-refractivity contribution in [3.63, 3.8) is 0 Å². The minimum Gasteiger partial charge on any atom is -0.466 e. The van der Waals surface area contributed by atoms with E-state index in [1.165, 1.54) is 0 Å². The van der Waals surface area contributed by atoms with E-state index in [2.05, 4.69) is 19.6 Å². The first-order valence-electron chi connectivity index (χ1n) is 10.9. The molecule has 0 N–H and O–H groups in total. The summed E-state index contributed by atoms with van der Waals surface area (Å²) in [5.41, 5.74) is 0.462. The predicted molar refractivity (Wildman–Crippen MR) is 124 cm³/mol. The van der Waals surface area contributed by atoms with Crippen molar-refractivity contribution in [2.24, 2.45) is 0 Å². The number of amides is 1. The zero-order chi connectivity index (χ0) is 23.2. The summed E-state index contributed by atoms with van der Waals surface area (Å²) in [7, 11) is -1.70. The molecule has 2 rings (SSSR count). The van der Waals surface area contributed by atoms with Gasteiger partial charge in [0.2, 0.25) is 0 Å². The Morgan fingerprint density at radius 3 is 2.42 bits per heavy atom. The fourth-order valence-electron chi connectivity index (χ4n) is 3.45. The Kier molecular flexibility index (Phi) is 8.48. The predicted octanol–water partition coefficient (Wildman–Crippen LogP) is 5.54. The maximum absolute atomic E-state index is 13.1. The van der Waals surface area contributed by atoms with Gasteiger partial charge in [0.05, 0.1) is 27.3 Å². The van der Waals surface area contributed by atoms with E-state index in [9.17, 15) is 9.59 Å². The minimum absolute atomic E-state index is 0.0754. The molecule has 0 aromatic heterocycles. The van der Waals surface area contributed by atoms with Gasteiger partial charge in [-0.1, -0.05) is 56.0 Å². The summed E-state index contributed by atoms with van der Waals surface area (Å²) in [5, 5.41) is 0. The second-order valence-electron chi connectivity index (χ2n) is 9.90. The number of allylic oxidation sites excluding steroid dienone is 1. The van der Waals surface area contributed by atoms with Gasteiger partial charge in [-0.2, -0.15) is 0 Å². The van der Waals surface area contributed by atoms with Gasteiger partial charge >= 0.3 is 12.1 Å². The quantitative estimate of drug-likeness (QED) is 0.312. The Balaban J connectivity index is 2.28. The molecule has 6 nitrogen and oxygen atoms in total. The summed E-state index contributed by atoms with van der Waals surface area (Å²) in [6.07, 6.45) is 3.29. The van der Waals surface area contributed by atoms with Gasteiger partial charge in [0, 0.05) is 6.42 Å². The molecule has 31 heavy (non-hydrogen) atoms. The summed E-state index contributed by atoms with van der Waals surface area (Å²) in [4.78, 5) is 26.9. The van der Waals surface area contributed by atoms with Gasteiger partial charge in [-0.25, -0.2) is 4.79 Å². The molecule has 0 spiro atoms. The van der Waals surface area contributed by atoms with Gasteiger partial charge in [0.25, 0.3) is 0 Å². The molecular weight excluding hydrogens is 410 g/mol. The van der Waals surface area contributed by atoms with Crippen LogP contribution in [0, 0.1) is 0 Å². The van der Waals surface area contributed by atoms with Crippen LogP contribution in [0.2, 0.25) is 25.2 Å². The molecular formula is C24H37NO5Si. The van der Waals surface area contributed by atoms with E-state index in [0.717, 1.165) is 5.56 Å². The maximum Gasteiger partial charge on any atom is 0.413 e. The highest BCUT2D eigenvalue weighted by Crippen LogP contribution is 2.34. The monoisotopic (exact) mass is 447 g/mol. The Morgan fingerprint density at radius 1 is 1.23 bits per heavy atom. The third kappa shape index (κ3) is 7.50. The third-order valence-electron chi connectivity index (χ3n) is 5.14. The van der Waals surface area contributed by atoms with Gasteiger partial charge in [-0.15, -0.1) is 0 Å². The molecule has 0 radical (unpaired) electrons. The van der Waals surface area contributed by atoms with E-state index in [-0.39, 0.29) is 17.6 Å². The second kappa shape index (κ2) is 10.5. The van der Waals surface area contributed by atoms with Crippen LogP contribution in [0.25, 0.3) is 0 Å². The highest BCUT2D eigenvalue weighted by molar-refractivity contribution is 6.78. The number of carbonyl (C=O) groups excluding carboxylic acids is 2. The Bertz CT molecular complexity index is 766. The first kappa shape index (κ1) is 25.1. The van der Waals surface area contributed by atoms with E-state index in [1.54, 1.807) is 4.90 Å². The Labute approximate surface area is 187 Å². The molecule has 1 fully saturated rings. The van der Waals surface area contributed by atoms with Crippen molar-refractivity contribution >= 4 is 20.1 Å². The van der Waals surface area contributed by atoms with Gasteiger partial charge in [-0.05, 0) is 44.9 Å². The lowest BCUT2D eigenvalue weighted by Crippen LogP contribution is -2.41. The fourth-order valence-corrected chi connectivity index (χ4v) is 4.91. The number of nitrogens with zero attached hydrogens (tertiary/aromatic N) is 1. The first-order chi connectivity index (χ1) is 14.4. The van der Waals surface area contributed by atoms with Crippen LogP contribution in [-0.2, 0) is 19.0 Å². The smallest absolute Gasteiger partial charge is 0.413 e. The van der Waals surface area contributed by atoms with Crippen molar-refractivity contribution in [1.82, 2.24) is 4.90 Å². The van der Waals surface area contributed by atoms with Crippen molar-refractivity contribution in [3.05, 3.63) is 48.0 Å². The third-order valence-corrected chi connectivity index (χ3v) is 7.76. The molecule has 1 saturated heterocycles. The summed E-state index contributed by atoms with van der Waals surface area (Å²) in [5.74, 6) is -0.196. The lowest BCUT2D eigenvalue weighted by molar-refractivity contribution is -0.143. The average molecular weight is 448 g/mol. The van der Waals surface area contributed by atoms with E-state index in [4.69, 9.17) is 14.2 Å². The summed E-state index contributed by atoms with van der Waals surface area (Å²) >= 11 is 0. The van der Waals surface area contributed by atoms with Crippen molar-refractivity contribution in [2.75, 3.05) is 13.2 Å². The van der Waals surface area contributed by atoms with Crippen LogP contribution in [0.5, 0.6) is 0 Å². The lowest BCUT2D eigenvalue weighted by atomic mass is 10.1. The minimum atomic E-state index is -1.70. The average Bonchev–Trinajstić information content (AvgIpc) is 3.08. The van der Waals surface area contributed by atoms with Crippen LogP contribution < -0.4 is 0 Å². The summed E-state index contributed by atoms with van der Waals surface area (Å²) in [6.45, 7) is 14.8. The molecule has 1 aliphatic heterocycles. The van der Waals surface area contributed by atoms with Gasteiger partial charge in [0.15, 0.2) is 6.23 Å². The molecule has 0 aliphatic carbocycles. The standard InChI is InChI=1S/C24H37NO5Si/c1-8-28-22(26)16-19(31(5,6)7)14-15-21-25(23(27)30-24(2,3)4)20(17-29-21)18-12-10-9-11-13-18/h9-15,19-21H,8,16-17H2,1-7H3/t19-,20-,21+/m0/s1. The Hall–Kier alpha value is -2.12. The van der Waals surface area contributed by atoms with Gasteiger partial charge in [0.1, 0.15) is 5.60 Å². The number of benzene rings is 1. The van der Waals surface area contributed by atoms with E-state index < -0.39 is 26.0 Å². The number of rotatable bonds is 7. The zero-order valence-electron chi connectivity index (χ0n) is 19.9. The van der Waals surface area contributed by atoms with Crippen molar-refractivity contribution in [1.29, 1.82) is 0 Å². The lowest BCUT2D eigenvalue weighted by Gasteiger charge is -2.31. The molecule has 7 heteroatoms. The molecule has 172 valence electrons. The Morgan fingerprint density at radius 2 is 1.87 bits per heavy atom. The molecule has 1 aliphatic rings. The molecule has 1 amide bonds. The number of ether oxygens (including phenoxy) is 3. The number of esters is 1. The number of carbonyl (C=O) groups is 2. The van der Waals surface area contributed by atoms with E-state index in [0.29, 0.717) is 19.6 Å². The molecule has 0 unspecified atom stereocenters. The topological polar surface area (TPSA) is 65.1 Å². The van der Waals surface area contributed by atoms with Crippen LogP contribution in [0.3, 0.4) is 0 Å². The van der Waals surface area contributed by atoms with Crippen LogP contribution in [-0.4, -0.2) is 50.1 Å². The highest BCUT2D eigenvalue weighted by Gasteiger charge is 2.40. The summed E-state index contributed by atoms with van der Waals surface area (Å²) < 4.78 is 16.9. The van der Waals surface area contributed by atoms with Crippen molar-refractivity contribution in [2.45, 2.75) is 77.2 Å². The van der Waals surface area contributed by atoms with Crippen molar-refractivity contribution in [3.8, 4) is 0 Å². The molecule has 1 aromatic rings. The van der Waals surface area contributed by atoms with Crippen LogP contribution >= 0.6 is 0 Å². The second-order valence-corrected chi connectivity index (χ2v) is 15.4. The van der Waals surface area contributed by atoms with E-state index >= 15 is 0 Å². The normalized spacial score (nSPS) is 20.7. The zero-order valence-corrected chi connectivity index (χ0v) is 20.9. The highest BCUT2D eigenvalue weighted by atomic mass is 28.3. The molecule has 0 bridgehead atoms. The first-order valence-corrected chi connectivity index (χ1v) is 14.5. The molecule has 3 atom stereocenters. The van der Waals surface area contributed by atoms with Gasteiger partial charge < -0.3 is 14.2 Å². The summed E-state index contributed by atoms with van der Waals surface area (Å²) in [6, 6.07) is 9.59. The maximum atomic E-state index is 13.1.